The van der Waals surface area contributed by atoms with Crippen LogP contribution in [-0.2, 0) is 22.6 Å². The highest BCUT2D eigenvalue weighted by Crippen LogP contribution is 2.19. The van der Waals surface area contributed by atoms with Crippen molar-refractivity contribution in [1.82, 2.24) is 10.2 Å². The van der Waals surface area contributed by atoms with Crippen molar-refractivity contribution in [1.29, 1.82) is 0 Å². The maximum atomic E-state index is 13.6. The quantitative estimate of drug-likeness (QED) is 0.398. The number of hydrogen-bond acceptors (Lipinski definition) is 4. The van der Waals surface area contributed by atoms with Crippen molar-refractivity contribution in [3.63, 3.8) is 0 Å². The molecule has 0 aromatic heterocycles. The van der Waals surface area contributed by atoms with Crippen molar-refractivity contribution in [3.05, 3.63) is 95.6 Å². The molecule has 0 heterocycles. The van der Waals surface area contributed by atoms with Crippen molar-refractivity contribution in [2.45, 2.75) is 39.8 Å². The fourth-order valence-electron chi connectivity index (χ4n) is 3.88. The van der Waals surface area contributed by atoms with Crippen LogP contribution in [0.5, 0.6) is 11.5 Å². The van der Waals surface area contributed by atoms with Crippen LogP contribution in [0.25, 0.3) is 0 Å². The molecule has 3 aromatic rings. The van der Waals surface area contributed by atoms with E-state index in [1.54, 1.807) is 36.3 Å². The third-order valence-corrected chi connectivity index (χ3v) is 5.81. The first-order valence-electron chi connectivity index (χ1n) is 12.3. The van der Waals surface area contributed by atoms with Crippen LogP contribution >= 0.6 is 0 Å². The van der Waals surface area contributed by atoms with E-state index in [9.17, 15) is 9.59 Å². The SMILES string of the molecule is COc1ccc(OCC(=O)N(Cc2cccc(C)c2)[C@H](Cc2ccccc2)C(=O)NCC(C)C)cc1. The van der Waals surface area contributed by atoms with Crippen LogP contribution < -0.4 is 14.8 Å². The minimum absolute atomic E-state index is 0.169. The van der Waals surface area contributed by atoms with Gasteiger partial charge in [0.05, 0.1) is 7.11 Å². The number of carbonyl (C=O) groups is 2. The summed E-state index contributed by atoms with van der Waals surface area (Å²) in [6.07, 6.45) is 0.408. The number of rotatable bonds is 12. The molecular weight excluding hydrogens is 452 g/mol. The average Bonchev–Trinajstić information content (AvgIpc) is 2.88. The summed E-state index contributed by atoms with van der Waals surface area (Å²) in [6, 6.07) is 24.2. The number of nitrogens with zero attached hydrogens (tertiary/aromatic N) is 1. The molecule has 6 heteroatoms. The number of hydrogen-bond donors (Lipinski definition) is 1. The van der Waals surface area contributed by atoms with Crippen LogP contribution in [0.3, 0.4) is 0 Å². The number of benzene rings is 3. The normalized spacial score (nSPS) is 11.6. The number of amides is 2. The van der Waals surface area contributed by atoms with E-state index in [4.69, 9.17) is 9.47 Å². The van der Waals surface area contributed by atoms with Gasteiger partial charge in [-0.05, 0) is 48.2 Å². The molecule has 0 saturated heterocycles. The molecule has 0 unspecified atom stereocenters. The molecule has 3 aromatic carbocycles. The van der Waals surface area contributed by atoms with Crippen LogP contribution in [-0.4, -0.2) is 43.0 Å². The second-order valence-corrected chi connectivity index (χ2v) is 9.32. The predicted octanol–water partition coefficient (Wildman–Crippen LogP) is 4.79. The van der Waals surface area contributed by atoms with Gasteiger partial charge in [-0.2, -0.15) is 0 Å². The molecular formula is C30H36N2O4. The minimum atomic E-state index is -0.682. The maximum Gasteiger partial charge on any atom is 0.261 e. The van der Waals surface area contributed by atoms with Gasteiger partial charge in [0.25, 0.3) is 5.91 Å². The predicted molar refractivity (Wildman–Crippen MR) is 142 cm³/mol. The second kappa shape index (κ2) is 13.3. The smallest absolute Gasteiger partial charge is 0.261 e. The Hall–Kier alpha value is -3.80. The van der Waals surface area contributed by atoms with Gasteiger partial charge in [-0.3, -0.25) is 9.59 Å². The van der Waals surface area contributed by atoms with Gasteiger partial charge in [-0.1, -0.05) is 74.0 Å². The van der Waals surface area contributed by atoms with Crippen molar-refractivity contribution in [3.8, 4) is 11.5 Å². The highest BCUT2D eigenvalue weighted by atomic mass is 16.5. The van der Waals surface area contributed by atoms with E-state index in [0.717, 1.165) is 16.7 Å². The number of ether oxygens (including phenoxy) is 2. The van der Waals surface area contributed by atoms with Gasteiger partial charge in [-0.25, -0.2) is 0 Å². The monoisotopic (exact) mass is 488 g/mol. The van der Waals surface area contributed by atoms with Gasteiger partial charge in [0.15, 0.2) is 6.61 Å². The minimum Gasteiger partial charge on any atom is -0.497 e. The first-order chi connectivity index (χ1) is 17.4. The summed E-state index contributed by atoms with van der Waals surface area (Å²) in [4.78, 5) is 28.7. The lowest BCUT2D eigenvalue weighted by Gasteiger charge is -2.31. The zero-order valence-electron chi connectivity index (χ0n) is 21.6. The number of aryl methyl sites for hydroxylation is 1. The second-order valence-electron chi connectivity index (χ2n) is 9.32. The Bertz CT molecular complexity index is 1110. The summed E-state index contributed by atoms with van der Waals surface area (Å²) in [5.74, 6) is 1.14. The first-order valence-corrected chi connectivity index (χ1v) is 12.3. The molecule has 6 nitrogen and oxygen atoms in total. The lowest BCUT2D eigenvalue weighted by Crippen LogP contribution is -2.52. The van der Waals surface area contributed by atoms with Crippen molar-refractivity contribution in [2.75, 3.05) is 20.3 Å². The number of nitrogens with one attached hydrogen (secondary N) is 1. The molecule has 0 spiro atoms. The van der Waals surface area contributed by atoms with E-state index >= 15 is 0 Å². The number of methoxy groups -OCH3 is 1. The summed E-state index contributed by atoms with van der Waals surface area (Å²) in [5.41, 5.74) is 3.04. The molecule has 0 bridgehead atoms. The van der Waals surface area contributed by atoms with Crippen LogP contribution in [0.2, 0.25) is 0 Å². The van der Waals surface area contributed by atoms with Gasteiger partial charge in [-0.15, -0.1) is 0 Å². The molecule has 0 aliphatic carbocycles. The topological polar surface area (TPSA) is 67.9 Å². The Labute approximate surface area is 214 Å². The Morgan fingerprint density at radius 1 is 0.889 bits per heavy atom. The Morgan fingerprint density at radius 3 is 2.19 bits per heavy atom. The molecule has 3 rings (SSSR count). The summed E-state index contributed by atoms with van der Waals surface area (Å²) < 4.78 is 11.0. The Kier molecular flexibility index (Phi) is 9.92. The molecule has 0 aliphatic heterocycles. The lowest BCUT2D eigenvalue weighted by atomic mass is 10.0. The van der Waals surface area contributed by atoms with E-state index < -0.39 is 6.04 Å². The van der Waals surface area contributed by atoms with Gasteiger partial charge in [0.1, 0.15) is 17.5 Å². The summed E-state index contributed by atoms with van der Waals surface area (Å²) >= 11 is 0. The third-order valence-electron chi connectivity index (χ3n) is 5.81. The van der Waals surface area contributed by atoms with Crippen LogP contribution in [0.1, 0.15) is 30.5 Å². The first kappa shape index (κ1) is 26.8. The van der Waals surface area contributed by atoms with Crippen LogP contribution in [0, 0.1) is 12.8 Å². The van der Waals surface area contributed by atoms with Crippen LogP contribution in [0.4, 0.5) is 0 Å². The molecule has 0 aliphatic rings. The van der Waals surface area contributed by atoms with E-state index in [0.29, 0.717) is 36.9 Å². The van der Waals surface area contributed by atoms with Crippen molar-refractivity contribution >= 4 is 11.8 Å². The third kappa shape index (κ3) is 8.15. The average molecular weight is 489 g/mol. The van der Waals surface area contributed by atoms with Gasteiger partial charge < -0.3 is 19.7 Å². The van der Waals surface area contributed by atoms with E-state index in [1.807, 2.05) is 75.4 Å². The fraction of sp³-hybridized carbons (Fsp3) is 0.333. The molecule has 0 fully saturated rings. The fourth-order valence-corrected chi connectivity index (χ4v) is 3.88. The van der Waals surface area contributed by atoms with Gasteiger partial charge in [0, 0.05) is 19.5 Å². The van der Waals surface area contributed by atoms with Crippen LogP contribution in [0.15, 0.2) is 78.9 Å². The summed E-state index contributed by atoms with van der Waals surface area (Å²) in [7, 11) is 1.60. The zero-order chi connectivity index (χ0) is 25.9. The van der Waals surface area contributed by atoms with Gasteiger partial charge in [0.2, 0.25) is 5.91 Å². The molecule has 1 atom stereocenters. The molecule has 1 N–H and O–H groups in total. The highest BCUT2D eigenvalue weighted by molar-refractivity contribution is 5.88. The molecule has 190 valence electrons. The molecule has 0 saturated carbocycles. The molecule has 0 radical (unpaired) electrons. The highest BCUT2D eigenvalue weighted by Gasteiger charge is 2.30. The largest absolute Gasteiger partial charge is 0.497 e. The standard InChI is InChI=1S/C30H36N2O4/c1-22(2)19-31-30(34)28(18-24-10-6-5-7-11-24)32(20-25-12-8-9-23(3)17-25)29(33)21-36-27-15-13-26(35-4)14-16-27/h5-17,22,28H,18-21H2,1-4H3,(H,31,34)/t28-/m1/s1. The van der Waals surface area contributed by atoms with Gasteiger partial charge >= 0.3 is 0 Å². The zero-order valence-corrected chi connectivity index (χ0v) is 21.6. The number of carbonyl (C=O) groups excluding carboxylic acids is 2. The Morgan fingerprint density at radius 2 is 1.56 bits per heavy atom. The van der Waals surface area contributed by atoms with E-state index in [-0.39, 0.29) is 18.4 Å². The van der Waals surface area contributed by atoms with E-state index in [2.05, 4.69) is 5.32 Å². The maximum absolute atomic E-state index is 13.6. The molecule has 36 heavy (non-hydrogen) atoms. The lowest BCUT2D eigenvalue weighted by molar-refractivity contribution is -0.142. The Balaban J connectivity index is 1.88. The van der Waals surface area contributed by atoms with Crippen molar-refractivity contribution < 1.29 is 19.1 Å². The van der Waals surface area contributed by atoms with E-state index in [1.165, 1.54) is 0 Å². The summed E-state index contributed by atoms with van der Waals surface area (Å²) in [5, 5.41) is 3.03. The summed E-state index contributed by atoms with van der Waals surface area (Å²) in [6.45, 7) is 6.77. The molecule has 2 amide bonds. The van der Waals surface area contributed by atoms with Crippen molar-refractivity contribution in [2.24, 2.45) is 5.92 Å².